The van der Waals surface area contributed by atoms with Crippen LogP contribution in [0.25, 0.3) is 0 Å². The number of benzene rings is 1. The fraction of sp³-hybridized carbons (Fsp3) is 0.500. The minimum atomic E-state index is -0.601. The van der Waals surface area contributed by atoms with Gasteiger partial charge in [-0.25, -0.2) is 9.59 Å². The Morgan fingerprint density at radius 1 is 1.04 bits per heavy atom. The lowest BCUT2D eigenvalue weighted by Gasteiger charge is -2.28. The molecule has 1 saturated carbocycles. The highest BCUT2D eigenvalue weighted by Gasteiger charge is 2.24. The van der Waals surface area contributed by atoms with Gasteiger partial charge in [-0.2, -0.15) is 0 Å². The summed E-state index contributed by atoms with van der Waals surface area (Å²) in [7, 11) is 2.49. The lowest BCUT2D eigenvalue weighted by atomic mass is 9.83. The second kappa shape index (κ2) is 8.62. The molecule has 0 heterocycles. The molecule has 7 nitrogen and oxygen atoms in total. The van der Waals surface area contributed by atoms with Crippen LogP contribution in [0.5, 0.6) is 0 Å². The lowest BCUT2D eigenvalue weighted by Crippen LogP contribution is -2.35. The Labute approximate surface area is 146 Å². The molecule has 0 radical (unpaired) electrons. The van der Waals surface area contributed by atoms with Gasteiger partial charge in [-0.3, -0.25) is 4.79 Å². The van der Waals surface area contributed by atoms with Gasteiger partial charge < -0.3 is 20.5 Å². The van der Waals surface area contributed by atoms with Crippen LogP contribution in [-0.4, -0.2) is 38.1 Å². The van der Waals surface area contributed by atoms with Crippen LogP contribution in [-0.2, 0) is 14.3 Å². The number of nitrogens with one attached hydrogen (secondary N) is 1. The third-order valence-corrected chi connectivity index (χ3v) is 4.47. The Hall–Kier alpha value is -2.41. The van der Waals surface area contributed by atoms with Gasteiger partial charge in [-0.15, -0.1) is 0 Å². The van der Waals surface area contributed by atoms with Gasteiger partial charge in [0.15, 0.2) is 0 Å². The van der Waals surface area contributed by atoms with Crippen LogP contribution >= 0.6 is 0 Å². The number of hydrogen-bond acceptors (Lipinski definition) is 6. The molecule has 1 aliphatic carbocycles. The number of carbonyl (C=O) groups excluding carboxylic acids is 3. The zero-order chi connectivity index (χ0) is 18.4. The molecule has 2 atom stereocenters. The summed E-state index contributed by atoms with van der Waals surface area (Å²) >= 11 is 0. The van der Waals surface area contributed by atoms with E-state index in [1.54, 1.807) is 0 Å². The number of ether oxygens (including phenoxy) is 2. The van der Waals surface area contributed by atoms with Gasteiger partial charge >= 0.3 is 11.9 Å². The van der Waals surface area contributed by atoms with Crippen molar-refractivity contribution in [2.45, 2.75) is 38.1 Å². The van der Waals surface area contributed by atoms with E-state index < -0.39 is 11.9 Å². The third kappa shape index (κ3) is 5.03. The molecule has 7 heteroatoms. The summed E-state index contributed by atoms with van der Waals surface area (Å²) in [6, 6.07) is 4.34. The van der Waals surface area contributed by atoms with Gasteiger partial charge in [0.1, 0.15) is 0 Å². The predicted molar refractivity (Wildman–Crippen MR) is 92.3 cm³/mol. The van der Waals surface area contributed by atoms with Crippen LogP contribution in [0.15, 0.2) is 18.2 Å². The molecule has 1 amide bonds. The number of nitrogens with two attached hydrogens (primary N) is 1. The van der Waals surface area contributed by atoms with Crippen molar-refractivity contribution in [2.24, 2.45) is 11.7 Å². The first-order chi connectivity index (χ1) is 11.9. The quantitative estimate of drug-likeness (QED) is 0.789. The van der Waals surface area contributed by atoms with Crippen molar-refractivity contribution < 1.29 is 23.9 Å². The second-order valence-corrected chi connectivity index (χ2v) is 6.24. The van der Waals surface area contributed by atoms with Crippen molar-refractivity contribution in [3.8, 4) is 0 Å². The van der Waals surface area contributed by atoms with E-state index in [-0.39, 0.29) is 29.0 Å². The number of anilines is 1. The Kier molecular flexibility index (Phi) is 6.52. The summed E-state index contributed by atoms with van der Waals surface area (Å²) in [5.74, 6) is -1.25. The van der Waals surface area contributed by atoms with Crippen LogP contribution in [0.1, 0.15) is 52.8 Å². The molecule has 0 spiro atoms. The van der Waals surface area contributed by atoms with Gasteiger partial charge in [0.25, 0.3) is 0 Å². The van der Waals surface area contributed by atoms with Crippen molar-refractivity contribution >= 4 is 23.5 Å². The highest BCUT2D eigenvalue weighted by atomic mass is 16.5. The van der Waals surface area contributed by atoms with Crippen molar-refractivity contribution in [1.82, 2.24) is 0 Å². The molecule has 1 fully saturated rings. The molecule has 0 saturated heterocycles. The van der Waals surface area contributed by atoms with E-state index in [1.807, 2.05) is 0 Å². The maximum Gasteiger partial charge on any atom is 0.337 e. The SMILES string of the molecule is COC(=O)c1cc(NC(=O)CC2CCCCC2N)cc(C(=O)OC)c1. The summed E-state index contributed by atoms with van der Waals surface area (Å²) in [5, 5.41) is 2.74. The average Bonchev–Trinajstić information content (AvgIpc) is 2.61. The number of esters is 2. The van der Waals surface area contributed by atoms with E-state index in [0.717, 1.165) is 25.7 Å². The number of methoxy groups -OCH3 is 2. The first-order valence-corrected chi connectivity index (χ1v) is 8.31. The van der Waals surface area contributed by atoms with Crippen molar-refractivity contribution in [3.05, 3.63) is 29.3 Å². The van der Waals surface area contributed by atoms with Crippen LogP contribution in [0, 0.1) is 5.92 Å². The van der Waals surface area contributed by atoms with Crippen molar-refractivity contribution in [2.75, 3.05) is 19.5 Å². The Balaban J connectivity index is 2.15. The molecule has 0 bridgehead atoms. The molecule has 1 aromatic rings. The Morgan fingerprint density at radius 2 is 1.60 bits per heavy atom. The highest BCUT2D eigenvalue weighted by Crippen LogP contribution is 2.26. The van der Waals surface area contributed by atoms with E-state index in [2.05, 4.69) is 14.8 Å². The van der Waals surface area contributed by atoms with Gasteiger partial charge in [0, 0.05) is 18.2 Å². The third-order valence-electron chi connectivity index (χ3n) is 4.47. The maximum atomic E-state index is 12.3. The van der Waals surface area contributed by atoms with E-state index in [4.69, 9.17) is 5.73 Å². The molecular weight excluding hydrogens is 324 g/mol. The van der Waals surface area contributed by atoms with Gasteiger partial charge in [0.05, 0.1) is 25.3 Å². The molecule has 3 N–H and O–H groups in total. The van der Waals surface area contributed by atoms with Crippen LogP contribution in [0.2, 0.25) is 0 Å². The molecule has 2 rings (SSSR count). The minimum Gasteiger partial charge on any atom is -0.465 e. The van der Waals surface area contributed by atoms with E-state index >= 15 is 0 Å². The summed E-state index contributed by atoms with van der Waals surface area (Å²) < 4.78 is 9.36. The first kappa shape index (κ1) is 18.9. The average molecular weight is 348 g/mol. The lowest BCUT2D eigenvalue weighted by molar-refractivity contribution is -0.117. The first-order valence-electron chi connectivity index (χ1n) is 8.31. The Bertz CT molecular complexity index is 625. The summed E-state index contributed by atoms with van der Waals surface area (Å²) in [5.41, 5.74) is 6.75. The van der Waals surface area contributed by atoms with Crippen LogP contribution in [0.3, 0.4) is 0 Å². The second-order valence-electron chi connectivity index (χ2n) is 6.24. The largest absolute Gasteiger partial charge is 0.465 e. The fourth-order valence-corrected chi connectivity index (χ4v) is 3.11. The summed E-state index contributed by atoms with van der Waals surface area (Å²) in [4.78, 5) is 35.9. The molecule has 1 aromatic carbocycles. The van der Waals surface area contributed by atoms with Crippen molar-refractivity contribution in [1.29, 1.82) is 0 Å². The fourth-order valence-electron chi connectivity index (χ4n) is 3.11. The van der Waals surface area contributed by atoms with E-state index in [1.165, 1.54) is 32.4 Å². The van der Waals surface area contributed by atoms with Crippen LogP contribution in [0.4, 0.5) is 5.69 Å². The highest BCUT2D eigenvalue weighted by molar-refractivity contribution is 5.99. The number of amides is 1. The Morgan fingerprint density at radius 3 is 2.12 bits per heavy atom. The van der Waals surface area contributed by atoms with Crippen molar-refractivity contribution in [3.63, 3.8) is 0 Å². The molecule has 25 heavy (non-hydrogen) atoms. The van der Waals surface area contributed by atoms with Gasteiger partial charge in [-0.1, -0.05) is 12.8 Å². The molecule has 2 unspecified atom stereocenters. The normalized spacial score (nSPS) is 19.8. The predicted octanol–water partition coefficient (Wildman–Crippen LogP) is 2.11. The molecular formula is C18H24N2O5. The number of rotatable bonds is 5. The summed E-state index contributed by atoms with van der Waals surface area (Å²) in [6.07, 6.45) is 4.36. The molecule has 1 aliphatic rings. The zero-order valence-corrected chi connectivity index (χ0v) is 14.5. The number of carbonyl (C=O) groups is 3. The van der Waals surface area contributed by atoms with Gasteiger partial charge in [0.2, 0.25) is 5.91 Å². The monoisotopic (exact) mass is 348 g/mol. The molecule has 0 aliphatic heterocycles. The van der Waals surface area contributed by atoms with E-state index in [9.17, 15) is 14.4 Å². The van der Waals surface area contributed by atoms with Crippen LogP contribution < -0.4 is 11.1 Å². The minimum absolute atomic E-state index is 0.0338. The maximum absolute atomic E-state index is 12.3. The smallest absolute Gasteiger partial charge is 0.337 e. The summed E-state index contributed by atoms with van der Waals surface area (Å²) in [6.45, 7) is 0. The zero-order valence-electron chi connectivity index (χ0n) is 14.5. The molecule has 136 valence electrons. The van der Waals surface area contributed by atoms with E-state index in [0.29, 0.717) is 12.1 Å². The molecule has 0 aromatic heterocycles. The standard InChI is InChI=1S/C18H24N2O5/c1-24-17(22)12-7-13(18(23)25-2)9-14(8-12)20-16(21)10-11-5-3-4-6-15(11)19/h7-9,11,15H,3-6,10,19H2,1-2H3,(H,20,21). The topological polar surface area (TPSA) is 108 Å². The van der Waals surface area contributed by atoms with Gasteiger partial charge in [-0.05, 0) is 37.0 Å². The number of hydrogen-bond donors (Lipinski definition) is 2.